The van der Waals surface area contributed by atoms with E-state index in [-0.39, 0.29) is 18.8 Å². The van der Waals surface area contributed by atoms with E-state index < -0.39 is 12.0 Å². The van der Waals surface area contributed by atoms with Gasteiger partial charge in [-0.25, -0.2) is 8.78 Å². The van der Waals surface area contributed by atoms with Gasteiger partial charge in [-0.05, 0) is 35.8 Å². The van der Waals surface area contributed by atoms with Gasteiger partial charge >= 0.3 is 0 Å². The first kappa shape index (κ1) is 13.4. The lowest BCUT2D eigenvalue weighted by molar-refractivity contribution is -0.0625. The van der Waals surface area contributed by atoms with E-state index in [0.29, 0.717) is 12.8 Å². The molecule has 0 spiro atoms. The van der Waals surface area contributed by atoms with Crippen molar-refractivity contribution in [2.24, 2.45) is 5.92 Å². The summed E-state index contributed by atoms with van der Waals surface area (Å²) in [5.41, 5.74) is 0.797. The molecule has 1 aliphatic rings. The van der Waals surface area contributed by atoms with Gasteiger partial charge in [0.1, 0.15) is 0 Å². The van der Waals surface area contributed by atoms with Gasteiger partial charge in [0.25, 0.3) is 0 Å². The molecule has 1 aliphatic carbocycles. The third kappa shape index (κ3) is 2.52. The van der Waals surface area contributed by atoms with Gasteiger partial charge in [-0.2, -0.15) is 0 Å². The lowest BCUT2D eigenvalue weighted by Gasteiger charge is -2.31. The van der Waals surface area contributed by atoms with Crippen molar-refractivity contribution in [2.45, 2.75) is 37.7 Å². The highest BCUT2D eigenvalue weighted by molar-refractivity contribution is 5.85. The van der Waals surface area contributed by atoms with Gasteiger partial charge in [0, 0.05) is 30.6 Å². The van der Waals surface area contributed by atoms with Crippen molar-refractivity contribution in [1.29, 1.82) is 0 Å². The van der Waals surface area contributed by atoms with Crippen molar-refractivity contribution in [3.05, 3.63) is 42.2 Å². The van der Waals surface area contributed by atoms with Crippen molar-refractivity contribution < 1.29 is 13.9 Å². The molecule has 1 heterocycles. The highest BCUT2D eigenvalue weighted by Gasteiger charge is 2.37. The molecule has 106 valence electrons. The number of aromatic nitrogens is 1. The van der Waals surface area contributed by atoms with Crippen LogP contribution in [0.4, 0.5) is 8.78 Å². The summed E-state index contributed by atoms with van der Waals surface area (Å²) in [4.78, 5) is 4.09. The third-order valence-electron chi connectivity index (χ3n) is 4.24. The molecule has 1 atom stereocenters. The van der Waals surface area contributed by atoms with Crippen LogP contribution in [0.3, 0.4) is 0 Å². The van der Waals surface area contributed by atoms with Crippen LogP contribution in [-0.2, 0) is 0 Å². The molecule has 20 heavy (non-hydrogen) atoms. The number of hydrogen-bond acceptors (Lipinski definition) is 2. The van der Waals surface area contributed by atoms with E-state index in [9.17, 15) is 13.9 Å². The number of pyridine rings is 1. The SMILES string of the molecule is OC(c1cccc2ccncc12)C1CCC(F)(F)CC1. The smallest absolute Gasteiger partial charge is 0.248 e. The van der Waals surface area contributed by atoms with Gasteiger partial charge in [0.2, 0.25) is 5.92 Å². The summed E-state index contributed by atoms with van der Waals surface area (Å²) in [5, 5.41) is 12.5. The normalized spacial score (nSPS) is 20.9. The zero-order valence-corrected chi connectivity index (χ0v) is 11.1. The molecule has 0 bridgehead atoms. The Morgan fingerprint density at radius 1 is 1.20 bits per heavy atom. The Hall–Kier alpha value is -1.55. The Balaban J connectivity index is 1.88. The number of hydrogen-bond donors (Lipinski definition) is 1. The molecule has 1 N–H and O–H groups in total. The summed E-state index contributed by atoms with van der Waals surface area (Å²) in [6.07, 6.45) is 3.22. The fraction of sp³-hybridized carbons (Fsp3) is 0.438. The molecule has 1 unspecified atom stereocenters. The Kier molecular flexibility index (Phi) is 3.42. The van der Waals surface area contributed by atoms with Crippen LogP contribution in [0.2, 0.25) is 0 Å². The van der Waals surface area contributed by atoms with Gasteiger partial charge < -0.3 is 5.11 Å². The number of alkyl halides is 2. The lowest BCUT2D eigenvalue weighted by Crippen LogP contribution is -2.27. The predicted molar refractivity (Wildman–Crippen MR) is 73.6 cm³/mol. The minimum Gasteiger partial charge on any atom is -0.388 e. The van der Waals surface area contributed by atoms with Crippen molar-refractivity contribution >= 4 is 10.8 Å². The zero-order chi connectivity index (χ0) is 14.2. The number of nitrogens with zero attached hydrogens (tertiary/aromatic N) is 1. The van der Waals surface area contributed by atoms with Crippen LogP contribution in [0.15, 0.2) is 36.7 Å². The van der Waals surface area contributed by atoms with E-state index in [1.807, 2.05) is 24.3 Å². The van der Waals surface area contributed by atoms with Crippen molar-refractivity contribution in [2.75, 3.05) is 0 Å². The van der Waals surface area contributed by atoms with Gasteiger partial charge in [0.05, 0.1) is 6.10 Å². The highest BCUT2D eigenvalue weighted by Crippen LogP contribution is 2.42. The predicted octanol–water partition coefficient (Wildman–Crippen LogP) is 4.09. The maximum absolute atomic E-state index is 13.2. The average molecular weight is 277 g/mol. The summed E-state index contributed by atoms with van der Waals surface area (Å²) in [6, 6.07) is 7.60. The Morgan fingerprint density at radius 2 is 1.95 bits per heavy atom. The quantitative estimate of drug-likeness (QED) is 0.896. The van der Waals surface area contributed by atoms with E-state index in [4.69, 9.17) is 0 Å². The average Bonchev–Trinajstić information content (AvgIpc) is 2.46. The second-order valence-corrected chi connectivity index (χ2v) is 5.58. The first-order chi connectivity index (χ1) is 9.57. The molecule has 3 rings (SSSR count). The second kappa shape index (κ2) is 5.09. The fourth-order valence-corrected chi connectivity index (χ4v) is 3.03. The van der Waals surface area contributed by atoms with Gasteiger partial charge in [0.15, 0.2) is 0 Å². The van der Waals surface area contributed by atoms with Crippen LogP contribution in [0.1, 0.15) is 37.4 Å². The number of rotatable bonds is 2. The number of aliphatic hydroxyl groups is 1. The standard InChI is InChI=1S/C16H17F2NO/c17-16(18)7-4-12(5-8-16)15(20)13-3-1-2-11-6-9-19-10-14(11)13/h1-3,6,9-10,12,15,20H,4-5,7-8H2. The number of fused-ring (bicyclic) bond motifs is 1. The van der Waals surface area contributed by atoms with Gasteiger partial charge in [-0.3, -0.25) is 4.98 Å². The molecule has 1 aromatic carbocycles. The van der Waals surface area contributed by atoms with Gasteiger partial charge in [-0.15, -0.1) is 0 Å². The lowest BCUT2D eigenvalue weighted by atomic mass is 9.80. The molecule has 2 nitrogen and oxygen atoms in total. The second-order valence-electron chi connectivity index (χ2n) is 5.58. The van der Waals surface area contributed by atoms with Crippen LogP contribution in [0.25, 0.3) is 10.8 Å². The van der Waals surface area contributed by atoms with Crippen LogP contribution in [-0.4, -0.2) is 16.0 Å². The highest BCUT2D eigenvalue weighted by atomic mass is 19.3. The molecular weight excluding hydrogens is 260 g/mol. The number of aliphatic hydroxyl groups excluding tert-OH is 1. The Morgan fingerprint density at radius 3 is 2.70 bits per heavy atom. The summed E-state index contributed by atoms with van der Waals surface area (Å²) in [6.45, 7) is 0. The van der Waals surface area contributed by atoms with E-state index in [1.54, 1.807) is 12.4 Å². The van der Waals surface area contributed by atoms with Crippen LogP contribution >= 0.6 is 0 Å². The number of benzene rings is 1. The summed E-state index contributed by atoms with van der Waals surface area (Å²) < 4.78 is 26.4. The Labute approximate surface area is 116 Å². The summed E-state index contributed by atoms with van der Waals surface area (Å²) >= 11 is 0. The maximum Gasteiger partial charge on any atom is 0.248 e. The monoisotopic (exact) mass is 277 g/mol. The first-order valence-corrected chi connectivity index (χ1v) is 6.95. The number of halogens is 2. The molecule has 1 aromatic heterocycles. The first-order valence-electron chi connectivity index (χ1n) is 6.95. The minimum absolute atomic E-state index is 0.0968. The third-order valence-corrected chi connectivity index (χ3v) is 4.24. The Bertz CT molecular complexity index is 599. The van der Waals surface area contributed by atoms with Crippen molar-refractivity contribution in [1.82, 2.24) is 4.98 Å². The maximum atomic E-state index is 13.2. The largest absolute Gasteiger partial charge is 0.388 e. The van der Waals surface area contributed by atoms with Crippen LogP contribution in [0.5, 0.6) is 0 Å². The van der Waals surface area contributed by atoms with Crippen molar-refractivity contribution in [3.8, 4) is 0 Å². The molecule has 0 amide bonds. The molecule has 0 aliphatic heterocycles. The van der Waals surface area contributed by atoms with E-state index in [2.05, 4.69) is 4.98 Å². The van der Waals surface area contributed by atoms with Gasteiger partial charge in [-0.1, -0.05) is 18.2 Å². The molecule has 4 heteroatoms. The van der Waals surface area contributed by atoms with Crippen LogP contribution < -0.4 is 0 Å². The summed E-state index contributed by atoms with van der Waals surface area (Å²) in [5.74, 6) is -2.66. The molecule has 1 saturated carbocycles. The van der Waals surface area contributed by atoms with E-state index >= 15 is 0 Å². The summed E-state index contributed by atoms with van der Waals surface area (Å²) in [7, 11) is 0. The fourth-order valence-electron chi connectivity index (χ4n) is 3.03. The van der Waals surface area contributed by atoms with Crippen molar-refractivity contribution in [3.63, 3.8) is 0 Å². The molecule has 0 radical (unpaired) electrons. The van der Waals surface area contributed by atoms with Crippen LogP contribution in [0, 0.1) is 5.92 Å². The zero-order valence-electron chi connectivity index (χ0n) is 11.1. The molecule has 0 saturated heterocycles. The molecule has 2 aromatic rings. The van der Waals surface area contributed by atoms with E-state index in [1.165, 1.54) is 0 Å². The topological polar surface area (TPSA) is 33.1 Å². The molecule has 1 fully saturated rings. The molecular formula is C16H17F2NO. The minimum atomic E-state index is -2.56. The van der Waals surface area contributed by atoms with E-state index in [0.717, 1.165) is 16.3 Å².